The normalized spacial score (nSPS) is 12.8. The van der Waals surface area contributed by atoms with Crippen molar-refractivity contribution in [3.05, 3.63) is 53.9 Å². The highest BCUT2D eigenvalue weighted by Crippen LogP contribution is 2.29. The number of carbonyl (C=O) groups excluding carboxylic acids is 1. The molecule has 2 amide bonds. The zero-order valence-corrected chi connectivity index (χ0v) is 14.5. The number of nitrogens with one attached hydrogen (secondary N) is 2. The number of methoxy groups -OCH3 is 2. The number of ether oxygens (including phenoxy) is 2. The van der Waals surface area contributed by atoms with Crippen LogP contribution in [0.2, 0.25) is 0 Å². The van der Waals surface area contributed by atoms with Gasteiger partial charge in [-0.25, -0.2) is 4.79 Å². The first-order valence-corrected chi connectivity index (χ1v) is 7.90. The van der Waals surface area contributed by atoms with Crippen LogP contribution >= 0.6 is 0 Å². The van der Waals surface area contributed by atoms with Crippen molar-refractivity contribution in [1.82, 2.24) is 15.6 Å². The van der Waals surface area contributed by atoms with Crippen molar-refractivity contribution < 1.29 is 19.4 Å². The summed E-state index contributed by atoms with van der Waals surface area (Å²) in [7, 11) is 3.06. The van der Waals surface area contributed by atoms with Gasteiger partial charge in [0.2, 0.25) is 0 Å². The van der Waals surface area contributed by atoms with Crippen LogP contribution in [0.5, 0.6) is 11.5 Å². The second kappa shape index (κ2) is 8.89. The summed E-state index contributed by atoms with van der Waals surface area (Å²) in [4.78, 5) is 16.2. The molecule has 2 atom stereocenters. The molecule has 0 aliphatic carbocycles. The van der Waals surface area contributed by atoms with E-state index in [1.165, 1.54) is 7.11 Å². The molecule has 2 aromatic rings. The number of aliphatic hydroxyl groups is 1. The molecule has 0 bridgehead atoms. The van der Waals surface area contributed by atoms with Crippen molar-refractivity contribution in [1.29, 1.82) is 0 Å². The Labute approximate surface area is 147 Å². The molecule has 0 spiro atoms. The van der Waals surface area contributed by atoms with Crippen LogP contribution in [-0.2, 0) is 0 Å². The van der Waals surface area contributed by atoms with Gasteiger partial charge in [-0.1, -0.05) is 6.07 Å². The molecule has 0 aliphatic heterocycles. The number of nitrogens with zero attached hydrogens (tertiary/aromatic N) is 1. The van der Waals surface area contributed by atoms with Gasteiger partial charge in [0.05, 0.1) is 26.0 Å². The number of hydrogen-bond donors (Lipinski definition) is 3. The summed E-state index contributed by atoms with van der Waals surface area (Å²) in [6.07, 6.45) is 0.741. The number of aliphatic hydroxyl groups excluding tert-OH is 1. The molecular weight excluding hydrogens is 322 g/mol. The minimum absolute atomic E-state index is 0.0320. The number of benzene rings is 1. The van der Waals surface area contributed by atoms with E-state index in [9.17, 15) is 9.90 Å². The highest BCUT2D eigenvalue weighted by atomic mass is 16.5. The van der Waals surface area contributed by atoms with E-state index in [2.05, 4.69) is 15.6 Å². The molecule has 0 saturated heterocycles. The standard InChI is InChI=1S/C18H23N3O4/c1-12(15-6-4-5-9-19-15)21-18(23)20-11-16(22)14-10-13(24-2)7-8-17(14)25-3/h4-10,12,16,22H,11H2,1-3H3,(H2,20,21,23)/t12-,16+/m0/s1. The molecule has 3 N–H and O–H groups in total. The summed E-state index contributed by atoms with van der Waals surface area (Å²) >= 11 is 0. The van der Waals surface area contributed by atoms with Gasteiger partial charge in [0, 0.05) is 18.3 Å². The van der Waals surface area contributed by atoms with Crippen LogP contribution in [0.25, 0.3) is 0 Å². The number of urea groups is 1. The largest absolute Gasteiger partial charge is 0.497 e. The second-order valence-corrected chi connectivity index (χ2v) is 5.45. The number of aromatic nitrogens is 1. The molecule has 0 unspecified atom stereocenters. The maximum atomic E-state index is 12.0. The fourth-order valence-electron chi connectivity index (χ4n) is 2.35. The zero-order chi connectivity index (χ0) is 18.2. The fourth-order valence-corrected chi connectivity index (χ4v) is 2.35. The number of hydrogen-bond acceptors (Lipinski definition) is 5. The van der Waals surface area contributed by atoms with E-state index >= 15 is 0 Å². The Balaban J connectivity index is 1.93. The Morgan fingerprint density at radius 3 is 2.68 bits per heavy atom. The van der Waals surface area contributed by atoms with Gasteiger partial charge in [0.1, 0.15) is 17.6 Å². The van der Waals surface area contributed by atoms with Gasteiger partial charge < -0.3 is 25.2 Å². The number of pyridine rings is 1. The van der Waals surface area contributed by atoms with Crippen LogP contribution in [-0.4, -0.2) is 36.9 Å². The SMILES string of the molecule is COc1ccc(OC)c([C@H](O)CNC(=O)N[C@@H](C)c2ccccn2)c1. The molecular formula is C18H23N3O4. The smallest absolute Gasteiger partial charge is 0.315 e. The van der Waals surface area contributed by atoms with Crippen LogP contribution in [0, 0.1) is 0 Å². The van der Waals surface area contributed by atoms with Crippen molar-refractivity contribution in [3.63, 3.8) is 0 Å². The van der Waals surface area contributed by atoms with Gasteiger partial charge in [-0.15, -0.1) is 0 Å². The van der Waals surface area contributed by atoms with Crippen LogP contribution in [0.1, 0.15) is 30.3 Å². The summed E-state index contributed by atoms with van der Waals surface area (Å²) in [6.45, 7) is 1.87. The molecule has 2 rings (SSSR count). The highest BCUT2D eigenvalue weighted by Gasteiger charge is 2.16. The van der Waals surface area contributed by atoms with E-state index in [4.69, 9.17) is 9.47 Å². The van der Waals surface area contributed by atoms with E-state index in [1.54, 1.807) is 31.5 Å². The summed E-state index contributed by atoms with van der Waals surface area (Å²) in [5.74, 6) is 1.13. The Bertz CT molecular complexity index is 694. The molecule has 0 saturated carbocycles. The zero-order valence-electron chi connectivity index (χ0n) is 14.5. The predicted octanol–water partition coefficient (Wildman–Crippen LogP) is 2.19. The minimum atomic E-state index is -0.930. The Morgan fingerprint density at radius 1 is 1.24 bits per heavy atom. The second-order valence-electron chi connectivity index (χ2n) is 5.45. The molecule has 25 heavy (non-hydrogen) atoms. The number of amides is 2. The Kier molecular flexibility index (Phi) is 6.59. The fraction of sp³-hybridized carbons (Fsp3) is 0.333. The van der Waals surface area contributed by atoms with Gasteiger partial charge >= 0.3 is 6.03 Å². The van der Waals surface area contributed by atoms with Crippen molar-refractivity contribution in [2.75, 3.05) is 20.8 Å². The van der Waals surface area contributed by atoms with Gasteiger partial charge in [-0.2, -0.15) is 0 Å². The molecule has 0 aliphatic rings. The topological polar surface area (TPSA) is 92.7 Å². The van der Waals surface area contributed by atoms with E-state index in [0.717, 1.165) is 5.69 Å². The first-order chi connectivity index (χ1) is 12.0. The molecule has 1 aromatic heterocycles. The predicted molar refractivity (Wildman–Crippen MR) is 93.7 cm³/mol. The van der Waals surface area contributed by atoms with Crippen LogP contribution in [0.4, 0.5) is 4.79 Å². The number of rotatable bonds is 7. The lowest BCUT2D eigenvalue weighted by molar-refractivity contribution is 0.168. The third-order valence-corrected chi connectivity index (χ3v) is 3.73. The van der Waals surface area contributed by atoms with Crippen LogP contribution < -0.4 is 20.1 Å². The lowest BCUT2D eigenvalue weighted by atomic mass is 10.1. The maximum Gasteiger partial charge on any atom is 0.315 e. The highest BCUT2D eigenvalue weighted by molar-refractivity contribution is 5.74. The summed E-state index contributed by atoms with van der Waals surface area (Å²) in [6, 6.07) is 10.00. The molecule has 0 fully saturated rings. The first-order valence-electron chi connectivity index (χ1n) is 7.90. The van der Waals surface area contributed by atoms with Gasteiger partial charge in [-0.05, 0) is 37.3 Å². The lowest BCUT2D eigenvalue weighted by Crippen LogP contribution is -2.39. The van der Waals surface area contributed by atoms with Crippen LogP contribution in [0.15, 0.2) is 42.6 Å². The number of carbonyl (C=O) groups is 1. The summed E-state index contributed by atoms with van der Waals surface area (Å²) in [5.41, 5.74) is 1.30. The van der Waals surface area contributed by atoms with Crippen molar-refractivity contribution in [2.45, 2.75) is 19.1 Å². The first kappa shape index (κ1) is 18.5. The Hall–Kier alpha value is -2.80. The monoisotopic (exact) mass is 345 g/mol. The van der Waals surface area contributed by atoms with Gasteiger partial charge in [0.15, 0.2) is 0 Å². The minimum Gasteiger partial charge on any atom is -0.497 e. The quantitative estimate of drug-likeness (QED) is 0.715. The Morgan fingerprint density at radius 2 is 2.04 bits per heavy atom. The van der Waals surface area contributed by atoms with E-state index < -0.39 is 6.10 Å². The third kappa shape index (κ3) is 5.09. The van der Waals surface area contributed by atoms with E-state index in [0.29, 0.717) is 17.1 Å². The van der Waals surface area contributed by atoms with Gasteiger partial charge in [0.25, 0.3) is 0 Å². The molecule has 0 radical (unpaired) electrons. The van der Waals surface area contributed by atoms with Gasteiger partial charge in [-0.3, -0.25) is 4.98 Å². The van der Waals surface area contributed by atoms with Crippen molar-refractivity contribution in [2.24, 2.45) is 0 Å². The van der Waals surface area contributed by atoms with Crippen molar-refractivity contribution >= 4 is 6.03 Å². The van der Waals surface area contributed by atoms with Crippen molar-refractivity contribution in [3.8, 4) is 11.5 Å². The lowest BCUT2D eigenvalue weighted by Gasteiger charge is -2.18. The summed E-state index contributed by atoms with van der Waals surface area (Å²) in [5, 5.41) is 15.8. The van der Waals surface area contributed by atoms with E-state index in [1.807, 2.05) is 25.1 Å². The van der Waals surface area contributed by atoms with E-state index in [-0.39, 0.29) is 18.6 Å². The van der Waals surface area contributed by atoms with Crippen LogP contribution in [0.3, 0.4) is 0 Å². The molecule has 1 heterocycles. The average Bonchev–Trinajstić information content (AvgIpc) is 2.66. The molecule has 1 aromatic carbocycles. The average molecular weight is 345 g/mol. The maximum absolute atomic E-state index is 12.0. The molecule has 7 nitrogen and oxygen atoms in total. The third-order valence-electron chi connectivity index (χ3n) is 3.73. The molecule has 7 heteroatoms. The molecule has 134 valence electrons. The summed E-state index contributed by atoms with van der Waals surface area (Å²) < 4.78 is 10.4.